The summed E-state index contributed by atoms with van der Waals surface area (Å²) in [7, 11) is 0. The number of nitrogens with zero attached hydrogens (tertiary/aromatic N) is 1. The fourth-order valence-electron chi connectivity index (χ4n) is 3.37. The number of hydrazone groups is 1. The Kier molecular flexibility index (Phi) is 2.92. The number of hydrogen-bond acceptors (Lipinski definition) is 3. The van der Waals surface area contributed by atoms with Crippen molar-refractivity contribution in [2.45, 2.75) is 47.0 Å². The molecule has 0 aliphatic heterocycles. The average molecular weight is 238 g/mol. The van der Waals surface area contributed by atoms with Gasteiger partial charge in [-0.05, 0) is 37.5 Å². The van der Waals surface area contributed by atoms with Crippen LogP contribution in [-0.2, 0) is 4.74 Å². The molecule has 4 heteroatoms. The van der Waals surface area contributed by atoms with Crippen LogP contribution in [0.15, 0.2) is 5.10 Å². The number of carbonyl (C=O) groups is 1. The van der Waals surface area contributed by atoms with E-state index in [9.17, 15) is 4.79 Å². The Balaban J connectivity index is 2.10. The van der Waals surface area contributed by atoms with E-state index in [2.05, 4.69) is 31.3 Å². The van der Waals surface area contributed by atoms with Crippen LogP contribution < -0.4 is 5.43 Å². The van der Waals surface area contributed by atoms with Gasteiger partial charge in [-0.3, -0.25) is 0 Å². The second kappa shape index (κ2) is 4.00. The topological polar surface area (TPSA) is 50.7 Å². The minimum atomic E-state index is -0.454. The van der Waals surface area contributed by atoms with E-state index in [1.54, 1.807) is 6.92 Å². The molecule has 4 nitrogen and oxygen atoms in total. The highest BCUT2D eigenvalue weighted by Gasteiger charge is 2.59. The number of amides is 1. The molecule has 0 radical (unpaired) electrons. The lowest BCUT2D eigenvalue weighted by Gasteiger charge is -2.34. The van der Waals surface area contributed by atoms with Gasteiger partial charge in [-0.25, -0.2) is 10.2 Å². The summed E-state index contributed by atoms with van der Waals surface area (Å²) >= 11 is 0. The molecule has 96 valence electrons. The van der Waals surface area contributed by atoms with Gasteiger partial charge < -0.3 is 4.74 Å². The quantitative estimate of drug-likeness (QED) is 0.752. The summed E-state index contributed by atoms with van der Waals surface area (Å²) in [6.45, 7) is 9.07. The average Bonchev–Trinajstić information content (AvgIpc) is 2.59. The van der Waals surface area contributed by atoms with Gasteiger partial charge in [-0.2, -0.15) is 5.10 Å². The van der Waals surface area contributed by atoms with Crippen LogP contribution in [0.4, 0.5) is 4.79 Å². The van der Waals surface area contributed by atoms with Gasteiger partial charge in [0.05, 0.1) is 6.61 Å². The Bertz CT molecular complexity index is 362. The standard InChI is InChI=1S/C13H22N2O2/c1-5-17-11(16)15-14-10-8-9-6-7-13(10,4)12(9,2)3/h9H,5-8H2,1-4H3,(H,15,16)/b14-10-/t9-,13-/m0/s1. The van der Waals surface area contributed by atoms with Crippen LogP contribution in [0, 0.1) is 16.7 Å². The summed E-state index contributed by atoms with van der Waals surface area (Å²) in [5, 5.41) is 4.28. The van der Waals surface area contributed by atoms with E-state index < -0.39 is 6.09 Å². The highest BCUT2D eigenvalue weighted by atomic mass is 16.5. The monoisotopic (exact) mass is 238 g/mol. The molecule has 2 aliphatic rings. The van der Waals surface area contributed by atoms with E-state index in [1.165, 1.54) is 12.8 Å². The van der Waals surface area contributed by atoms with Gasteiger partial charge in [-0.1, -0.05) is 20.8 Å². The summed E-state index contributed by atoms with van der Waals surface area (Å²) in [5.74, 6) is 0.704. The van der Waals surface area contributed by atoms with Crippen LogP contribution in [0.25, 0.3) is 0 Å². The molecule has 0 spiro atoms. The van der Waals surface area contributed by atoms with Crippen molar-refractivity contribution in [1.82, 2.24) is 5.43 Å². The smallest absolute Gasteiger partial charge is 0.427 e. The highest BCUT2D eigenvalue weighted by Crippen LogP contribution is 2.63. The Hall–Kier alpha value is -1.06. The zero-order valence-electron chi connectivity index (χ0n) is 11.2. The molecule has 0 aromatic rings. The zero-order chi connectivity index (χ0) is 12.7. The largest absolute Gasteiger partial charge is 0.449 e. The first-order chi connectivity index (χ1) is 7.91. The molecule has 1 amide bonds. The van der Waals surface area contributed by atoms with Crippen molar-refractivity contribution in [3.05, 3.63) is 0 Å². The van der Waals surface area contributed by atoms with Crippen molar-refractivity contribution in [3.8, 4) is 0 Å². The van der Waals surface area contributed by atoms with Crippen molar-refractivity contribution in [2.75, 3.05) is 6.61 Å². The normalized spacial score (nSPS) is 36.2. The molecule has 0 unspecified atom stereocenters. The third-order valence-corrected chi connectivity index (χ3v) is 5.07. The molecular formula is C13H22N2O2. The maximum atomic E-state index is 11.2. The summed E-state index contributed by atoms with van der Waals surface area (Å²) in [5.41, 5.74) is 4.06. The number of nitrogens with one attached hydrogen (secondary N) is 1. The van der Waals surface area contributed by atoms with Crippen molar-refractivity contribution in [2.24, 2.45) is 21.8 Å². The molecule has 0 heterocycles. The molecule has 2 fully saturated rings. The fourth-order valence-corrected chi connectivity index (χ4v) is 3.37. The molecule has 2 saturated carbocycles. The van der Waals surface area contributed by atoms with Gasteiger partial charge >= 0.3 is 6.09 Å². The number of carbonyl (C=O) groups excluding carboxylic acids is 1. The lowest BCUT2D eigenvalue weighted by Crippen LogP contribution is -2.34. The van der Waals surface area contributed by atoms with Gasteiger partial charge in [-0.15, -0.1) is 0 Å². The first-order valence-corrected chi connectivity index (χ1v) is 6.41. The van der Waals surface area contributed by atoms with Gasteiger partial charge in [0, 0.05) is 11.1 Å². The lowest BCUT2D eigenvalue weighted by atomic mass is 9.70. The molecular weight excluding hydrogens is 216 g/mol. The molecule has 2 atom stereocenters. The van der Waals surface area contributed by atoms with E-state index in [1.807, 2.05) is 0 Å². The van der Waals surface area contributed by atoms with Crippen LogP contribution in [0.3, 0.4) is 0 Å². The van der Waals surface area contributed by atoms with E-state index in [0.717, 1.165) is 12.1 Å². The Labute approximate surface area is 103 Å². The van der Waals surface area contributed by atoms with E-state index in [0.29, 0.717) is 17.9 Å². The lowest BCUT2D eigenvalue weighted by molar-refractivity contribution is 0.152. The Morgan fingerprint density at radius 2 is 2.24 bits per heavy atom. The van der Waals surface area contributed by atoms with Crippen LogP contribution in [-0.4, -0.2) is 18.4 Å². The van der Waals surface area contributed by atoms with Crippen LogP contribution in [0.5, 0.6) is 0 Å². The zero-order valence-corrected chi connectivity index (χ0v) is 11.2. The van der Waals surface area contributed by atoms with Crippen molar-refractivity contribution >= 4 is 11.8 Å². The van der Waals surface area contributed by atoms with Crippen molar-refractivity contribution < 1.29 is 9.53 Å². The van der Waals surface area contributed by atoms with E-state index in [-0.39, 0.29) is 5.41 Å². The van der Waals surface area contributed by atoms with Crippen LogP contribution >= 0.6 is 0 Å². The summed E-state index contributed by atoms with van der Waals surface area (Å²) in [4.78, 5) is 11.2. The maximum absolute atomic E-state index is 11.2. The summed E-state index contributed by atoms with van der Waals surface area (Å²) in [6, 6.07) is 0. The third kappa shape index (κ3) is 1.74. The van der Waals surface area contributed by atoms with Crippen molar-refractivity contribution in [1.29, 1.82) is 0 Å². The Morgan fingerprint density at radius 3 is 2.71 bits per heavy atom. The van der Waals surface area contributed by atoms with Gasteiger partial charge in [0.2, 0.25) is 0 Å². The molecule has 2 aliphatic carbocycles. The van der Waals surface area contributed by atoms with E-state index >= 15 is 0 Å². The Morgan fingerprint density at radius 1 is 1.53 bits per heavy atom. The molecule has 0 aromatic carbocycles. The molecule has 2 rings (SSSR count). The number of rotatable bonds is 2. The predicted octanol–water partition coefficient (Wildman–Crippen LogP) is 2.93. The first-order valence-electron chi connectivity index (χ1n) is 6.41. The second-order valence-corrected chi connectivity index (χ2v) is 5.88. The third-order valence-electron chi connectivity index (χ3n) is 5.07. The molecule has 1 N–H and O–H groups in total. The highest BCUT2D eigenvalue weighted by molar-refractivity contribution is 5.94. The first kappa shape index (κ1) is 12.4. The van der Waals surface area contributed by atoms with Crippen LogP contribution in [0.2, 0.25) is 0 Å². The second-order valence-electron chi connectivity index (χ2n) is 5.88. The minimum Gasteiger partial charge on any atom is -0.449 e. The minimum absolute atomic E-state index is 0.136. The summed E-state index contributed by atoms with van der Waals surface area (Å²) in [6.07, 6.45) is 3.01. The number of ether oxygens (including phenoxy) is 1. The van der Waals surface area contributed by atoms with Gasteiger partial charge in [0.1, 0.15) is 0 Å². The van der Waals surface area contributed by atoms with Crippen LogP contribution in [0.1, 0.15) is 47.0 Å². The predicted molar refractivity (Wildman–Crippen MR) is 66.8 cm³/mol. The van der Waals surface area contributed by atoms with Crippen molar-refractivity contribution in [3.63, 3.8) is 0 Å². The number of hydrogen-bond donors (Lipinski definition) is 1. The maximum Gasteiger partial charge on any atom is 0.427 e. The van der Waals surface area contributed by atoms with E-state index in [4.69, 9.17) is 4.74 Å². The molecule has 17 heavy (non-hydrogen) atoms. The number of fused-ring (bicyclic) bond motifs is 2. The fraction of sp³-hybridized carbons (Fsp3) is 0.846. The molecule has 0 saturated heterocycles. The molecule has 2 bridgehead atoms. The SMILES string of the molecule is CCOC(=O)N/N=C1/C[C@@H]2CC[C@]1(C)C2(C)C. The molecule has 0 aromatic heterocycles. The summed E-state index contributed by atoms with van der Waals surface area (Å²) < 4.78 is 4.81. The van der Waals surface area contributed by atoms with Gasteiger partial charge in [0.15, 0.2) is 0 Å². The van der Waals surface area contributed by atoms with Gasteiger partial charge in [0.25, 0.3) is 0 Å².